The maximum Gasteiger partial charge on any atom is 0.494 e. The maximum absolute atomic E-state index is 6.11. The Balaban J connectivity index is 1.95. The van der Waals surface area contributed by atoms with Crippen LogP contribution in [0.15, 0.2) is 24.3 Å². The SMILES string of the molecule is CCCN(CC)CCOc1cccc(B2OC(C)(C)C(C)(C)O2)c1. The monoisotopic (exact) mass is 333 g/mol. The minimum absolute atomic E-state index is 0.323. The molecule has 134 valence electrons. The summed E-state index contributed by atoms with van der Waals surface area (Å²) in [6, 6.07) is 8.05. The first-order chi connectivity index (χ1) is 11.3. The molecule has 0 amide bonds. The van der Waals surface area contributed by atoms with E-state index >= 15 is 0 Å². The van der Waals surface area contributed by atoms with E-state index in [1.807, 2.05) is 24.3 Å². The largest absolute Gasteiger partial charge is 0.494 e. The van der Waals surface area contributed by atoms with Crippen LogP contribution in [0.3, 0.4) is 0 Å². The number of ether oxygens (including phenoxy) is 1. The molecule has 0 bridgehead atoms. The molecule has 0 aromatic heterocycles. The Labute approximate surface area is 147 Å². The van der Waals surface area contributed by atoms with Gasteiger partial charge in [-0.05, 0) is 64.8 Å². The first-order valence-electron chi connectivity index (χ1n) is 9.10. The predicted octanol–water partition coefficient (Wildman–Crippen LogP) is 3.10. The van der Waals surface area contributed by atoms with Crippen molar-refractivity contribution in [2.24, 2.45) is 0 Å². The van der Waals surface area contributed by atoms with Gasteiger partial charge in [-0.2, -0.15) is 0 Å². The Kier molecular flexibility index (Phi) is 6.35. The minimum Gasteiger partial charge on any atom is -0.492 e. The van der Waals surface area contributed by atoms with Crippen LogP contribution in [0.25, 0.3) is 0 Å². The van der Waals surface area contributed by atoms with Crippen molar-refractivity contribution in [2.75, 3.05) is 26.2 Å². The second-order valence-electron chi connectivity index (χ2n) is 7.44. The molecule has 1 aliphatic heterocycles. The summed E-state index contributed by atoms with van der Waals surface area (Å²) in [6.45, 7) is 16.5. The van der Waals surface area contributed by atoms with Gasteiger partial charge in [0.05, 0.1) is 11.2 Å². The van der Waals surface area contributed by atoms with Crippen LogP contribution < -0.4 is 10.2 Å². The predicted molar refractivity (Wildman–Crippen MR) is 100 cm³/mol. The summed E-state index contributed by atoms with van der Waals surface area (Å²) in [7, 11) is -0.342. The van der Waals surface area contributed by atoms with E-state index < -0.39 is 0 Å². The lowest BCUT2D eigenvalue weighted by Crippen LogP contribution is -2.41. The summed E-state index contributed by atoms with van der Waals surface area (Å²) in [6.07, 6.45) is 1.17. The normalized spacial score (nSPS) is 19.0. The highest BCUT2D eigenvalue weighted by molar-refractivity contribution is 6.62. The summed E-state index contributed by atoms with van der Waals surface area (Å²) in [5.41, 5.74) is 0.360. The van der Waals surface area contributed by atoms with Gasteiger partial charge in [0.15, 0.2) is 0 Å². The fraction of sp³-hybridized carbons (Fsp3) is 0.684. The molecular formula is C19H32BNO3. The van der Waals surface area contributed by atoms with Gasteiger partial charge in [0.2, 0.25) is 0 Å². The second-order valence-corrected chi connectivity index (χ2v) is 7.44. The lowest BCUT2D eigenvalue weighted by Gasteiger charge is -2.32. The summed E-state index contributed by atoms with van der Waals surface area (Å²) in [5.74, 6) is 0.870. The molecular weight excluding hydrogens is 301 g/mol. The highest BCUT2D eigenvalue weighted by Crippen LogP contribution is 2.36. The van der Waals surface area contributed by atoms with E-state index in [1.165, 1.54) is 6.42 Å². The van der Waals surface area contributed by atoms with Crippen molar-refractivity contribution in [3.05, 3.63) is 24.3 Å². The van der Waals surface area contributed by atoms with Crippen LogP contribution in [0.5, 0.6) is 5.75 Å². The summed E-state index contributed by atoms with van der Waals surface area (Å²) in [4.78, 5) is 2.40. The number of rotatable bonds is 8. The first kappa shape index (κ1) is 19.3. The molecule has 0 spiro atoms. The van der Waals surface area contributed by atoms with Gasteiger partial charge in [-0.25, -0.2) is 0 Å². The van der Waals surface area contributed by atoms with Gasteiger partial charge < -0.3 is 18.9 Å². The highest BCUT2D eigenvalue weighted by atomic mass is 16.7. The van der Waals surface area contributed by atoms with Gasteiger partial charge in [0.1, 0.15) is 12.4 Å². The van der Waals surface area contributed by atoms with Gasteiger partial charge >= 0.3 is 7.12 Å². The Morgan fingerprint density at radius 2 is 1.71 bits per heavy atom. The van der Waals surface area contributed by atoms with Crippen LogP contribution in [-0.2, 0) is 9.31 Å². The van der Waals surface area contributed by atoms with Crippen LogP contribution in [0, 0.1) is 0 Å². The fourth-order valence-electron chi connectivity index (χ4n) is 2.77. The van der Waals surface area contributed by atoms with E-state index in [0.717, 1.165) is 30.8 Å². The Hall–Kier alpha value is -1.04. The molecule has 0 atom stereocenters. The Morgan fingerprint density at radius 3 is 2.29 bits per heavy atom. The zero-order valence-corrected chi connectivity index (χ0v) is 16.1. The maximum atomic E-state index is 6.11. The van der Waals surface area contributed by atoms with Crippen LogP contribution >= 0.6 is 0 Å². The van der Waals surface area contributed by atoms with Crippen molar-refractivity contribution in [1.82, 2.24) is 4.90 Å². The molecule has 0 aliphatic carbocycles. The number of hydrogen-bond donors (Lipinski definition) is 0. The molecule has 1 heterocycles. The fourth-order valence-corrected chi connectivity index (χ4v) is 2.77. The molecule has 1 fully saturated rings. The van der Waals surface area contributed by atoms with Crippen LogP contribution in [-0.4, -0.2) is 49.5 Å². The topological polar surface area (TPSA) is 30.9 Å². The average molecular weight is 333 g/mol. The standard InChI is InChI=1S/C19H32BNO3/c1-7-12-21(8-2)13-14-22-17-11-9-10-16(15-17)20-23-18(3,4)19(5,6)24-20/h9-11,15H,7-8,12-14H2,1-6H3. The van der Waals surface area contributed by atoms with Crippen molar-refractivity contribution < 1.29 is 14.0 Å². The minimum atomic E-state index is -0.342. The molecule has 0 N–H and O–H groups in total. The highest BCUT2D eigenvalue weighted by Gasteiger charge is 2.51. The van der Waals surface area contributed by atoms with Gasteiger partial charge in [-0.15, -0.1) is 0 Å². The van der Waals surface area contributed by atoms with Crippen molar-refractivity contribution in [3.63, 3.8) is 0 Å². The molecule has 1 saturated heterocycles. The van der Waals surface area contributed by atoms with E-state index in [0.29, 0.717) is 6.61 Å². The molecule has 1 aromatic carbocycles. The Bertz CT molecular complexity index is 517. The summed E-state index contributed by atoms with van der Waals surface area (Å²) >= 11 is 0. The Morgan fingerprint density at radius 1 is 1.04 bits per heavy atom. The molecule has 1 aliphatic rings. The van der Waals surface area contributed by atoms with E-state index in [9.17, 15) is 0 Å². The molecule has 0 saturated carbocycles. The second kappa shape index (κ2) is 7.90. The first-order valence-corrected chi connectivity index (χ1v) is 9.10. The van der Waals surface area contributed by atoms with Gasteiger partial charge in [0, 0.05) is 6.54 Å². The number of nitrogens with zero attached hydrogens (tertiary/aromatic N) is 1. The molecule has 0 unspecified atom stereocenters. The lowest BCUT2D eigenvalue weighted by molar-refractivity contribution is 0.00578. The smallest absolute Gasteiger partial charge is 0.492 e. The molecule has 24 heavy (non-hydrogen) atoms. The third kappa shape index (κ3) is 4.53. The van der Waals surface area contributed by atoms with Crippen LogP contribution in [0.4, 0.5) is 0 Å². The molecule has 4 nitrogen and oxygen atoms in total. The van der Waals surface area contributed by atoms with Crippen LogP contribution in [0.1, 0.15) is 48.0 Å². The van der Waals surface area contributed by atoms with E-state index in [4.69, 9.17) is 14.0 Å². The number of likely N-dealkylation sites (N-methyl/N-ethyl adjacent to an activating group) is 1. The average Bonchev–Trinajstić information content (AvgIpc) is 2.75. The molecule has 0 radical (unpaired) electrons. The molecule has 1 aromatic rings. The van der Waals surface area contributed by atoms with Gasteiger partial charge in [0.25, 0.3) is 0 Å². The molecule has 5 heteroatoms. The number of hydrogen-bond acceptors (Lipinski definition) is 4. The quantitative estimate of drug-likeness (QED) is 0.684. The van der Waals surface area contributed by atoms with E-state index in [1.54, 1.807) is 0 Å². The zero-order valence-electron chi connectivity index (χ0n) is 16.1. The molecule has 2 rings (SSSR count). The number of benzene rings is 1. The van der Waals surface area contributed by atoms with Crippen molar-refractivity contribution in [2.45, 2.75) is 59.2 Å². The summed E-state index contributed by atoms with van der Waals surface area (Å²) in [5, 5.41) is 0. The van der Waals surface area contributed by atoms with Gasteiger partial charge in [-0.1, -0.05) is 26.0 Å². The van der Waals surface area contributed by atoms with Crippen molar-refractivity contribution in [1.29, 1.82) is 0 Å². The summed E-state index contributed by atoms with van der Waals surface area (Å²) < 4.78 is 18.2. The third-order valence-corrected chi connectivity index (χ3v) is 5.05. The third-order valence-electron chi connectivity index (χ3n) is 5.05. The van der Waals surface area contributed by atoms with Crippen LogP contribution in [0.2, 0.25) is 0 Å². The van der Waals surface area contributed by atoms with Crippen molar-refractivity contribution in [3.8, 4) is 5.75 Å². The zero-order chi connectivity index (χ0) is 17.8. The van der Waals surface area contributed by atoms with E-state index in [2.05, 4.69) is 46.4 Å². The van der Waals surface area contributed by atoms with Crippen molar-refractivity contribution >= 4 is 12.6 Å². The van der Waals surface area contributed by atoms with Gasteiger partial charge in [-0.3, -0.25) is 0 Å². The lowest BCUT2D eigenvalue weighted by atomic mass is 9.79. The van der Waals surface area contributed by atoms with E-state index in [-0.39, 0.29) is 18.3 Å².